The molecular weight excluding hydrogens is 286 g/mol. The second-order valence-electron chi connectivity index (χ2n) is 6.57. The maximum Gasteiger partial charge on any atom is 0.119 e. The van der Waals surface area contributed by atoms with Crippen molar-refractivity contribution >= 4 is 5.69 Å². The van der Waals surface area contributed by atoms with Crippen molar-refractivity contribution in [1.82, 2.24) is 10.9 Å². The van der Waals surface area contributed by atoms with Crippen LogP contribution in [0.25, 0.3) is 0 Å². The van der Waals surface area contributed by atoms with Crippen molar-refractivity contribution in [3.8, 4) is 5.75 Å². The number of benzene rings is 2. The van der Waals surface area contributed by atoms with Crippen molar-refractivity contribution in [2.45, 2.75) is 32.4 Å². The van der Waals surface area contributed by atoms with Crippen LogP contribution in [0, 0.1) is 5.92 Å². The van der Waals surface area contributed by atoms with Crippen molar-refractivity contribution in [1.29, 1.82) is 0 Å². The lowest BCUT2D eigenvalue weighted by Crippen LogP contribution is -2.26. The highest BCUT2D eigenvalue weighted by Gasteiger charge is 2.25. The standard InChI is InChI=1S/C19H25N3O/c1-13(2)12-23-17-9-5-15(6-10-17)19-11-18(21-22-19)14-3-7-16(20)8-4-14/h3-10,13,18-19,21-22H,11-12,20H2,1-2H3. The minimum Gasteiger partial charge on any atom is -0.493 e. The fourth-order valence-corrected chi connectivity index (χ4v) is 2.78. The molecule has 4 N–H and O–H groups in total. The van der Waals surface area contributed by atoms with Crippen LogP contribution in [0.1, 0.15) is 43.5 Å². The van der Waals surface area contributed by atoms with E-state index in [0.717, 1.165) is 24.5 Å². The molecule has 3 rings (SSSR count). The van der Waals surface area contributed by atoms with Gasteiger partial charge in [-0.25, -0.2) is 10.9 Å². The average Bonchev–Trinajstić information content (AvgIpc) is 3.04. The Bertz CT molecular complexity index is 622. The second kappa shape index (κ2) is 7.02. The van der Waals surface area contributed by atoms with Crippen LogP contribution in [-0.4, -0.2) is 6.61 Å². The first kappa shape index (κ1) is 15.8. The predicted molar refractivity (Wildman–Crippen MR) is 94.0 cm³/mol. The van der Waals surface area contributed by atoms with E-state index in [-0.39, 0.29) is 0 Å². The van der Waals surface area contributed by atoms with Gasteiger partial charge in [0.05, 0.1) is 6.61 Å². The van der Waals surface area contributed by atoms with Gasteiger partial charge in [-0.3, -0.25) is 0 Å². The molecule has 0 aliphatic carbocycles. The normalized spacial score (nSPS) is 20.8. The third kappa shape index (κ3) is 4.03. The number of nitrogen functional groups attached to an aromatic ring is 1. The van der Waals surface area contributed by atoms with E-state index in [9.17, 15) is 0 Å². The van der Waals surface area contributed by atoms with Gasteiger partial charge in [0.2, 0.25) is 0 Å². The largest absolute Gasteiger partial charge is 0.493 e. The molecule has 1 saturated heterocycles. The van der Waals surface area contributed by atoms with Crippen LogP contribution < -0.4 is 21.3 Å². The minimum atomic E-state index is 0.303. The lowest BCUT2D eigenvalue weighted by molar-refractivity contribution is 0.271. The number of anilines is 1. The molecule has 0 bridgehead atoms. The van der Waals surface area contributed by atoms with Crippen molar-refractivity contribution in [3.05, 3.63) is 59.7 Å². The van der Waals surface area contributed by atoms with Crippen LogP contribution in [0.4, 0.5) is 5.69 Å². The predicted octanol–water partition coefficient (Wildman–Crippen LogP) is 3.58. The first-order valence-corrected chi connectivity index (χ1v) is 8.21. The molecule has 122 valence electrons. The summed E-state index contributed by atoms with van der Waals surface area (Å²) >= 11 is 0. The maximum absolute atomic E-state index is 5.75. The first-order valence-electron chi connectivity index (χ1n) is 8.21. The Morgan fingerprint density at radius 3 is 2.00 bits per heavy atom. The Morgan fingerprint density at radius 2 is 1.48 bits per heavy atom. The number of rotatable bonds is 5. The Kier molecular flexibility index (Phi) is 4.84. The van der Waals surface area contributed by atoms with E-state index in [1.807, 2.05) is 12.1 Å². The lowest BCUT2D eigenvalue weighted by atomic mass is 9.97. The lowest BCUT2D eigenvalue weighted by Gasteiger charge is -2.12. The molecule has 2 unspecified atom stereocenters. The van der Waals surface area contributed by atoms with Crippen LogP contribution in [-0.2, 0) is 0 Å². The van der Waals surface area contributed by atoms with E-state index in [1.165, 1.54) is 11.1 Å². The summed E-state index contributed by atoms with van der Waals surface area (Å²) in [4.78, 5) is 0. The van der Waals surface area contributed by atoms with Gasteiger partial charge in [0, 0.05) is 17.8 Å². The molecular formula is C19H25N3O. The second-order valence-corrected chi connectivity index (χ2v) is 6.57. The van der Waals surface area contributed by atoms with E-state index in [0.29, 0.717) is 18.0 Å². The molecule has 1 fully saturated rings. The molecule has 0 radical (unpaired) electrons. The van der Waals surface area contributed by atoms with Gasteiger partial charge in [-0.1, -0.05) is 38.1 Å². The van der Waals surface area contributed by atoms with E-state index >= 15 is 0 Å². The molecule has 0 saturated carbocycles. The van der Waals surface area contributed by atoms with Gasteiger partial charge in [0.1, 0.15) is 5.75 Å². The zero-order valence-electron chi connectivity index (χ0n) is 13.8. The number of nitrogens with one attached hydrogen (secondary N) is 2. The zero-order chi connectivity index (χ0) is 16.2. The number of ether oxygens (including phenoxy) is 1. The number of nitrogens with two attached hydrogens (primary N) is 1. The first-order chi connectivity index (χ1) is 11.1. The molecule has 1 aliphatic heterocycles. The molecule has 2 aromatic rings. The Balaban J connectivity index is 1.61. The summed E-state index contributed by atoms with van der Waals surface area (Å²) in [5.74, 6) is 1.47. The smallest absolute Gasteiger partial charge is 0.119 e. The molecule has 0 amide bonds. The summed E-state index contributed by atoms with van der Waals surface area (Å²) in [6.45, 7) is 5.06. The third-order valence-corrected chi connectivity index (χ3v) is 4.11. The van der Waals surface area contributed by atoms with E-state index in [4.69, 9.17) is 10.5 Å². The van der Waals surface area contributed by atoms with Gasteiger partial charge in [-0.05, 0) is 47.7 Å². The van der Waals surface area contributed by atoms with Crippen molar-refractivity contribution in [3.63, 3.8) is 0 Å². The van der Waals surface area contributed by atoms with Gasteiger partial charge in [0.15, 0.2) is 0 Å². The summed E-state index contributed by atoms with van der Waals surface area (Å²) in [5, 5.41) is 0. The molecule has 2 aromatic carbocycles. The molecule has 0 aromatic heterocycles. The topological polar surface area (TPSA) is 59.3 Å². The van der Waals surface area contributed by atoms with Crippen molar-refractivity contribution in [2.75, 3.05) is 12.3 Å². The summed E-state index contributed by atoms with van der Waals surface area (Å²) in [5.41, 5.74) is 15.8. The average molecular weight is 311 g/mol. The van der Waals surface area contributed by atoms with E-state index in [2.05, 4.69) is 61.1 Å². The summed E-state index contributed by atoms with van der Waals surface area (Å²) in [6, 6.07) is 17.1. The van der Waals surface area contributed by atoms with Crippen molar-refractivity contribution in [2.24, 2.45) is 5.92 Å². The number of hydrogen-bond acceptors (Lipinski definition) is 4. The highest BCUT2D eigenvalue weighted by Crippen LogP contribution is 2.31. The van der Waals surface area contributed by atoms with Gasteiger partial charge in [0.25, 0.3) is 0 Å². The number of hydrazine groups is 1. The molecule has 1 heterocycles. The fraction of sp³-hybridized carbons (Fsp3) is 0.368. The molecule has 0 spiro atoms. The maximum atomic E-state index is 5.75. The van der Waals surface area contributed by atoms with Gasteiger partial charge >= 0.3 is 0 Å². The van der Waals surface area contributed by atoms with Crippen LogP contribution in [0.5, 0.6) is 5.75 Å². The minimum absolute atomic E-state index is 0.303. The fourth-order valence-electron chi connectivity index (χ4n) is 2.78. The summed E-state index contributed by atoms with van der Waals surface area (Å²) in [7, 11) is 0. The summed E-state index contributed by atoms with van der Waals surface area (Å²) < 4.78 is 5.74. The highest BCUT2D eigenvalue weighted by atomic mass is 16.5. The molecule has 4 nitrogen and oxygen atoms in total. The Morgan fingerprint density at radius 1 is 0.957 bits per heavy atom. The molecule has 23 heavy (non-hydrogen) atoms. The van der Waals surface area contributed by atoms with Gasteiger partial charge < -0.3 is 10.5 Å². The van der Waals surface area contributed by atoms with Crippen LogP contribution >= 0.6 is 0 Å². The molecule has 4 heteroatoms. The van der Waals surface area contributed by atoms with E-state index < -0.39 is 0 Å². The zero-order valence-corrected chi connectivity index (χ0v) is 13.8. The Hall–Kier alpha value is -2.04. The molecule has 2 atom stereocenters. The van der Waals surface area contributed by atoms with Crippen molar-refractivity contribution < 1.29 is 4.74 Å². The van der Waals surface area contributed by atoms with E-state index in [1.54, 1.807) is 0 Å². The number of hydrogen-bond donors (Lipinski definition) is 3. The Labute approximate surface area is 138 Å². The quantitative estimate of drug-likeness (QED) is 0.739. The molecule has 1 aliphatic rings. The SMILES string of the molecule is CC(C)COc1ccc(C2CC(c3ccc(N)cc3)NN2)cc1. The monoisotopic (exact) mass is 311 g/mol. The third-order valence-electron chi connectivity index (χ3n) is 4.11. The highest BCUT2D eigenvalue weighted by molar-refractivity contribution is 5.40. The summed E-state index contributed by atoms with van der Waals surface area (Å²) in [6.07, 6.45) is 1.01. The van der Waals surface area contributed by atoms with Crippen LogP contribution in [0.2, 0.25) is 0 Å². The van der Waals surface area contributed by atoms with Crippen LogP contribution in [0.15, 0.2) is 48.5 Å². The van der Waals surface area contributed by atoms with Gasteiger partial charge in [-0.15, -0.1) is 0 Å². The van der Waals surface area contributed by atoms with Crippen LogP contribution in [0.3, 0.4) is 0 Å². The van der Waals surface area contributed by atoms with Gasteiger partial charge in [-0.2, -0.15) is 0 Å².